The van der Waals surface area contributed by atoms with Gasteiger partial charge in [-0.05, 0) is 42.3 Å². The molecule has 5 rings (SSSR count). The molecule has 0 aromatic heterocycles. The predicted molar refractivity (Wildman–Crippen MR) is 141 cm³/mol. The predicted octanol–water partition coefficient (Wildman–Crippen LogP) is 3.63. The molecular weight excluding hydrogens is 507 g/mol. The van der Waals surface area contributed by atoms with Gasteiger partial charge >= 0.3 is 6.03 Å². The van der Waals surface area contributed by atoms with Crippen molar-refractivity contribution >= 4 is 27.6 Å². The van der Waals surface area contributed by atoms with E-state index in [0.29, 0.717) is 35.6 Å². The first-order valence-electron chi connectivity index (χ1n) is 12.2. The number of nitrogens with one attached hydrogen (secondary N) is 1. The molecule has 0 radical (unpaired) electrons. The fraction of sp³-hybridized carbons (Fsp3) is 0.250. The summed E-state index contributed by atoms with van der Waals surface area (Å²) < 4.78 is 38.5. The summed E-state index contributed by atoms with van der Waals surface area (Å²) in [4.78, 5) is 34.3. The van der Waals surface area contributed by atoms with Crippen LogP contribution in [0.3, 0.4) is 0 Å². The van der Waals surface area contributed by atoms with Gasteiger partial charge in [0.25, 0.3) is 0 Å². The van der Waals surface area contributed by atoms with Crippen LogP contribution < -0.4 is 5.32 Å². The quantitative estimate of drug-likeness (QED) is 0.553. The van der Waals surface area contributed by atoms with E-state index in [4.69, 9.17) is 4.99 Å². The SMILES string of the molecule is Cc1ccc(C2=NC(c3ccc(S(C)(=O)=O)cc3)C(c3cccc(F)c3)N2C(=O)N2CCNC(=O)C2)cc1. The van der Waals surface area contributed by atoms with E-state index >= 15 is 0 Å². The van der Waals surface area contributed by atoms with Crippen LogP contribution >= 0.6 is 0 Å². The maximum absolute atomic E-state index is 14.5. The van der Waals surface area contributed by atoms with Gasteiger partial charge in [0.15, 0.2) is 9.84 Å². The number of halogens is 1. The zero-order valence-electron chi connectivity index (χ0n) is 21.0. The number of rotatable bonds is 4. The van der Waals surface area contributed by atoms with Crippen LogP contribution in [-0.2, 0) is 14.6 Å². The first kappa shape index (κ1) is 25.6. The molecule has 10 heteroatoms. The number of benzene rings is 3. The number of aliphatic imine (C=N–C) groups is 1. The van der Waals surface area contributed by atoms with Crippen molar-refractivity contribution in [1.82, 2.24) is 15.1 Å². The molecule has 3 aromatic carbocycles. The second-order valence-corrected chi connectivity index (χ2v) is 11.5. The Morgan fingerprint density at radius 2 is 1.74 bits per heavy atom. The molecule has 38 heavy (non-hydrogen) atoms. The van der Waals surface area contributed by atoms with Crippen molar-refractivity contribution in [1.29, 1.82) is 0 Å². The van der Waals surface area contributed by atoms with Gasteiger partial charge in [-0.2, -0.15) is 0 Å². The second kappa shape index (κ2) is 10.0. The van der Waals surface area contributed by atoms with Gasteiger partial charge in [0.05, 0.1) is 10.9 Å². The minimum Gasteiger partial charge on any atom is -0.353 e. The number of piperazine rings is 1. The molecule has 1 saturated heterocycles. The van der Waals surface area contributed by atoms with Crippen molar-refractivity contribution < 1.29 is 22.4 Å². The molecule has 2 atom stereocenters. The largest absolute Gasteiger partial charge is 0.353 e. The van der Waals surface area contributed by atoms with Crippen LogP contribution in [0.15, 0.2) is 82.7 Å². The first-order valence-corrected chi connectivity index (χ1v) is 14.1. The smallest absolute Gasteiger partial charge is 0.326 e. The number of sulfone groups is 1. The lowest BCUT2D eigenvalue weighted by Gasteiger charge is -2.35. The summed E-state index contributed by atoms with van der Waals surface area (Å²) >= 11 is 0. The molecular formula is C28H27FN4O4S. The van der Waals surface area contributed by atoms with Crippen LogP contribution in [-0.4, -0.2) is 61.9 Å². The van der Waals surface area contributed by atoms with Gasteiger partial charge in [-0.15, -0.1) is 0 Å². The zero-order chi connectivity index (χ0) is 27.0. The van der Waals surface area contributed by atoms with Crippen molar-refractivity contribution in [2.45, 2.75) is 23.9 Å². The molecule has 0 saturated carbocycles. The molecule has 0 bridgehead atoms. The van der Waals surface area contributed by atoms with E-state index in [1.807, 2.05) is 31.2 Å². The summed E-state index contributed by atoms with van der Waals surface area (Å²) in [5, 5.41) is 2.73. The minimum atomic E-state index is -3.41. The highest BCUT2D eigenvalue weighted by atomic mass is 32.2. The maximum Gasteiger partial charge on any atom is 0.326 e. The summed E-state index contributed by atoms with van der Waals surface area (Å²) in [6.45, 7) is 2.51. The zero-order valence-corrected chi connectivity index (χ0v) is 21.8. The van der Waals surface area contributed by atoms with Gasteiger partial charge in [-0.1, -0.05) is 54.1 Å². The molecule has 0 spiro atoms. The van der Waals surface area contributed by atoms with Gasteiger partial charge in [-0.25, -0.2) is 17.6 Å². The number of urea groups is 1. The van der Waals surface area contributed by atoms with E-state index < -0.39 is 33.8 Å². The van der Waals surface area contributed by atoms with Crippen LogP contribution in [0.1, 0.15) is 34.3 Å². The number of hydrogen-bond donors (Lipinski definition) is 1. The fourth-order valence-electron chi connectivity index (χ4n) is 4.81. The van der Waals surface area contributed by atoms with E-state index in [-0.39, 0.29) is 17.3 Å². The third-order valence-electron chi connectivity index (χ3n) is 6.73. The summed E-state index contributed by atoms with van der Waals surface area (Å²) in [5.74, 6) is -0.317. The Morgan fingerprint density at radius 1 is 1.03 bits per heavy atom. The van der Waals surface area contributed by atoms with Crippen LogP contribution in [0.5, 0.6) is 0 Å². The van der Waals surface area contributed by atoms with Gasteiger partial charge in [0, 0.05) is 24.9 Å². The minimum absolute atomic E-state index is 0.0971. The van der Waals surface area contributed by atoms with Crippen molar-refractivity contribution in [3.05, 3.63) is 101 Å². The Bertz CT molecular complexity index is 1520. The Kier molecular flexibility index (Phi) is 6.75. The van der Waals surface area contributed by atoms with Gasteiger partial charge in [0.1, 0.15) is 24.2 Å². The van der Waals surface area contributed by atoms with E-state index in [1.54, 1.807) is 24.3 Å². The number of aryl methyl sites for hydroxylation is 1. The van der Waals surface area contributed by atoms with Crippen molar-refractivity contribution in [2.24, 2.45) is 4.99 Å². The van der Waals surface area contributed by atoms with Crippen LogP contribution in [0.2, 0.25) is 0 Å². The molecule has 1 N–H and O–H groups in total. The molecule has 196 valence electrons. The summed E-state index contributed by atoms with van der Waals surface area (Å²) in [6, 6.07) is 18.2. The normalized spacial score (nSPS) is 19.8. The number of amides is 3. The molecule has 2 aliphatic rings. The molecule has 2 heterocycles. The van der Waals surface area contributed by atoms with Crippen molar-refractivity contribution in [2.75, 3.05) is 25.9 Å². The molecule has 3 aromatic rings. The van der Waals surface area contributed by atoms with Crippen LogP contribution in [0.4, 0.5) is 9.18 Å². The standard InChI is InChI=1S/C28H27FN4O4S/c1-18-6-8-20(9-7-18)27-31-25(19-10-12-23(13-11-19)38(2,36)37)26(21-4-3-5-22(29)16-21)33(27)28(35)32-15-14-30-24(34)17-32/h3-13,16,25-26H,14-15,17H2,1-2H3,(H,30,34). The molecule has 3 amide bonds. The van der Waals surface area contributed by atoms with E-state index in [9.17, 15) is 22.4 Å². The van der Waals surface area contributed by atoms with Gasteiger partial charge in [0.2, 0.25) is 5.91 Å². The van der Waals surface area contributed by atoms with E-state index in [0.717, 1.165) is 11.8 Å². The summed E-state index contributed by atoms with van der Waals surface area (Å²) in [7, 11) is -3.41. The molecule has 2 unspecified atom stereocenters. The molecule has 1 fully saturated rings. The average molecular weight is 535 g/mol. The number of carbonyl (C=O) groups is 2. The average Bonchev–Trinajstić information content (AvgIpc) is 3.29. The highest BCUT2D eigenvalue weighted by Crippen LogP contribution is 2.44. The lowest BCUT2D eigenvalue weighted by Crippen LogP contribution is -2.55. The summed E-state index contributed by atoms with van der Waals surface area (Å²) in [5.41, 5.74) is 2.93. The van der Waals surface area contributed by atoms with Gasteiger partial charge in [-0.3, -0.25) is 14.7 Å². The first-order chi connectivity index (χ1) is 18.1. The lowest BCUT2D eigenvalue weighted by molar-refractivity contribution is -0.123. The van der Waals surface area contributed by atoms with E-state index in [1.165, 1.54) is 34.1 Å². The Labute approximate surface area is 220 Å². The number of hydrogen-bond acceptors (Lipinski definition) is 5. The Balaban J connectivity index is 1.67. The lowest BCUT2D eigenvalue weighted by atomic mass is 9.93. The van der Waals surface area contributed by atoms with Crippen molar-refractivity contribution in [3.8, 4) is 0 Å². The molecule has 8 nitrogen and oxygen atoms in total. The number of nitrogens with zero attached hydrogens (tertiary/aromatic N) is 3. The second-order valence-electron chi connectivity index (χ2n) is 9.53. The highest BCUT2D eigenvalue weighted by molar-refractivity contribution is 7.90. The third-order valence-corrected chi connectivity index (χ3v) is 7.86. The number of carbonyl (C=O) groups excluding carboxylic acids is 2. The third kappa shape index (κ3) is 5.04. The highest BCUT2D eigenvalue weighted by Gasteiger charge is 2.44. The van der Waals surface area contributed by atoms with Crippen molar-refractivity contribution in [3.63, 3.8) is 0 Å². The molecule has 2 aliphatic heterocycles. The Hall–Kier alpha value is -4.05. The summed E-state index contributed by atoms with van der Waals surface area (Å²) in [6.07, 6.45) is 1.13. The fourth-order valence-corrected chi connectivity index (χ4v) is 5.44. The molecule has 0 aliphatic carbocycles. The number of amidine groups is 1. The maximum atomic E-state index is 14.5. The monoisotopic (exact) mass is 534 g/mol. The topological polar surface area (TPSA) is 99.2 Å². The van der Waals surface area contributed by atoms with Crippen LogP contribution in [0.25, 0.3) is 0 Å². The Morgan fingerprint density at radius 3 is 2.37 bits per heavy atom. The van der Waals surface area contributed by atoms with E-state index in [2.05, 4.69) is 5.32 Å². The van der Waals surface area contributed by atoms with Gasteiger partial charge < -0.3 is 10.2 Å². The van der Waals surface area contributed by atoms with Crippen LogP contribution in [0, 0.1) is 12.7 Å².